The average Bonchev–Trinajstić information content (AvgIpc) is 3.77. The van der Waals surface area contributed by atoms with Crippen LogP contribution in [-0.2, 0) is 29.0 Å². The highest BCUT2D eigenvalue weighted by atomic mass is 32.1. The Kier molecular flexibility index (Phi) is 6.55. The molecular weight excluding hydrogens is 548 g/mol. The van der Waals surface area contributed by atoms with Crippen LogP contribution in [0.5, 0.6) is 0 Å². The predicted molar refractivity (Wildman–Crippen MR) is 151 cm³/mol. The summed E-state index contributed by atoms with van der Waals surface area (Å²) in [5.74, 6) is -1.82. The summed E-state index contributed by atoms with van der Waals surface area (Å²) in [5.41, 5.74) is 3.49. The fourth-order valence-electron chi connectivity index (χ4n) is 6.10. The van der Waals surface area contributed by atoms with Crippen molar-refractivity contribution in [2.75, 3.05) is 36.5 Å². The predicted octanol–water partition coefficient (Wildman–Crippen LogP) is 5.01. The molecule has 2 aromatic heterocycles. The van der Waals surface area contributed by atoms with Crippen molar-refractivity contribution in [3.05, 3.63) is 88.2 Å². The number of morpholine rings is 1. The molecule has 0 radical (unpaired) electrons. The standard InChI is InChI=1S/C30H27F2N5O3S/c31-23-16-19(18-3-4-26(24(32)15-18)36-9-11-40-12-10-36)14-21-22(23)17-37(29(21)39)27(28(38)34-30-33-6-13-41-30)20-5-8-35-7-1-2-25(20)35/h3-6,8,13-16,27H,1-2,7,9-12,17H2,(H,33,34,38). The van der Waals surface area contributed by atoms with Gasteiger partial charge in [0.25, 0.3) is 11.8 Å². The number of aromatic nitrogens is 2. The Morgan fingerprint density at radius 3 is 2.66 bits per heavy atom. The highest BCUT2D eigenvalue weighted by Gasteiger charge is 2.41. The van der Waals surface area contributed by atoms with E-state index in [1.807, 2.05) is 17.2 Å². The lowest BCUT2D eigenvalue weighted by molar-refractivity contribution is -0.120. The van der Waals surface area contributed by atoms with E-state index in [0.717, 1.165) is 30.6 Å². The molecule has 1 saturated heterocycles. The minimum Gasteiger partial charge on any atom is -0.378 e. The van der Waals surface area contributed by atoms with E-state index in [0.29, 0.717) is 48.2 Å². The molecule has 2 amide bonds. The Morgan fingerprint density at radius 2 is 1.88 bits per heavy atom. The zero-order chi connectivity index (χ0) is 28.1. The number of hydrogen-bond donors (Lipinski definition) is 1. The molecule has 0 aliphatic carbocycles. The van der Waals surface area contributed by atoms with Crippen molar-refractivity contribution in [2.24, 2.45) is 0 Å². The molecule has 3 aliphatic heterocycles. The van der Waals surface area contributed by atoms with Crippen LogP contribution in [0.15, 0.2) is 54.2 Å². The molecule has 1 fully saturated rings. The van der Waals surface area contributed by atoms with Crippen molar-refractivity contribution in [1.82, 2.24) is 14.5 Å². The number of carbonyl (C=O) groups excluding carboxylic acids is 2. The first-order chi connectivity index (χ1) is 20.0. The number of carbonyl (C=O) groups is 2. The first-order valence-electron chi connectivity index (χ1n) is 13.6. The van der Waals surface area contributed by atoms with Gasteiger partial charge in [-0.3, -0.25) is 14.9 Å². The summed E-state index contributed by atoms with van der Waals surface area (Å²) in [6, 6.07) is 8.64. The quantitative estimate of drug-likeness (QED) is 0.350. The largest absolute Gasteiger partial charge is 0.378 e. The van der Waals surface area contributed by atoms with Crippen molar-refractivity contribution in [1.29, 1.82) is 0 Å². The number of aryl methyl sites for hydroxylation is 1. The topological polar surface area (TPSA) is 79.7 Å². The maximum atomic E-state index is 15.6. The Bertz CT molecular complexity index is 1650. The molecule has 5 heterocycles. The Balaban J connectivity index is 1.22. The van der Waals surface area contributed by atoms with Gasteiger partial charge in [-0.1, -0.05) is 6.07 Å². The van der Waals surface area contributed by atoms with E-state index in [1.54, 1.807) is 29.8 Å². The molecule has 1 unspecified atom stereocenters. The molecule has 8 nitrogen and oxygen atoms in total. The monoisotopic (exact) mass is 575 g/mol. The van der Waals surface area contributed by atoms with E-state index in [1.165, 1.54) is 28.4 Å². The summed E-state index contributed by atoms with van der Waals surface area (Å²) in [7, 11) is 0. The summed E-state index contributed by atoms with van der Waals surface area (Å²) in [6.07, 6.45) is 5.28. The van der Waals surface area contributed by atoms with E-state index < -0.39 is 29.5 Å². The lowest BCUT2D eigenvalue weighted by atomic mass is 9.99. The van der Waals surface area contributed by atoms with Crippen LogP contribution in [0.4, 0.5) is 19.6 Å². The normalized spacial score (nSPS) is 17.1. The third-order valence-corrected chi connectivity index (χ3v) is 8.78. The number of ether oxygens (including phenoxy) is 1. The number of thiazole rings is 1. The Labute approximate surface area is 239 Å². The van der Waals surface area contributed by atoms with E-state index in [-0.39, 0.29) is 17.7 Å². The van der Waals surface area contributed by atoms with Gasteiger partial charge < -0.3 is 19.1 Å². The first-order valence-corrected chi connectivity index (χ1v) is 14.5. The minimum atomic E-state index is -0.957. The number of amides is 2. The van der Waals surface area contributed by atoms with Crippen LogP contribution in [0, 0.1) is 11.6 Å². The second-order valence-electron chi connectivity index (χ2n) is 10.4. The van der Waals surface area contributed by atoms with Crippen molar-refractivity contribution in [3.63, 3.8) is 0 Å². The van der Waals surface area contributed by atoms with Gasteiger partial charge in [0.05, 0.1) is 25.4 Å². The van der Waals surface area contributed by atoms with Crippen molar-refractivity contribution < 1.29 is 23.1 Å². The van der Waals surface area contributed by atoms with Gasteiger partial charge in [0.1, 0.15) is 17.7 Å². The fourth-order valence-corrected chi connectivity index (χ4v) is 6.63. The van der Waals surface area contributed by atoms with Gasteiger partial charge in [-0.25, -0.2) is 13.8 Å². The highest BCUT2D eigenvalue weighted by molar-refractivity contribution is 7.13. The van der Waals surface area contributed by atoms with E-state index in [2.05, 4.69) is 14.9 Å². The third kappa shape index (κ3) is 4.58. The lowest BCUT2D eigenvalue weighted by Crippen LogP contribution is -2.38. The summed E-state index contributed by atoms with van der Waals surface area (Å²) in [6.45, 7) is 3.05. The van der Waals surface area contributed by atoms with Gasteiger partial charge in [0.15, 0.2) is 5.13 Å². The van der Waals surface area contributed by atoms with Crippen molar-refractivity contribution >= 4 is 34.0 Å². The van der Waals surface area contributed by atoms with Crippen LogP contribution in [0.3, 0.4) is 0 Å². The molecule has 41 heavy (non-hydrogen) atoms. The number of rotatable bonds is 6. The van der Waals surface area contributed by atoms with E-state index >= 15 is 8.78 Å². The minimum absolute atomic E-state index is 0.0504. The number of halogens is 2. The molecule has 3 aliphatic rings. The second-order valence-corrected chi connectivity index (χ2v) is 11.3. The van der Waals surface area contributed by atoms with Crippen LogP contribution < -0.4 is 10.2 Å². The van der Waals surface area contributed by atoms with Crippen molar-refractivity contribution in [2.45, 2.75) is 32.0 Å². The van der Waals surface area contributed by atoms with Gasteiger partial charge in [0, 0.05) is 59.8 Å². The molecule has 2 aromatic carbocycles. The van der Waals surface area contributed by atoms with Crippen LogP contribution in [-0.4, -0.2) is 52.6 Å². The van der Waals surface area contributed by atoms with Crippen LogP contribution in [0.25, 0.3) is 11.1 Å². The smallest absolute Gasteiger partial charge is 0.255 e. The molecule has 7 rings (SSSR count). The van der Waals surface area contributed by atoms with Crippen LogP contribution in [0.1, 0.15) is 39.6 Å². The highest BCUT2D eigenvalue weighted by Crippen LogP contribution is 2.39. The molecule has 0 saturated carbocycles. The van der Waals surface area contributed by atoms with E-state index in [4.69, 9.17) is 4.74 Å². The Morgan fingerprint density at radius 1 is 1.05 bits per heavy atom. The summed E-state index contributed by atoms with van der Waals surface area (Å²) < 4.78 is 38.2. The molecule has 0 spiro atoms. The Hall–Kier alpha value is -4.09. The van der Waals surface area contributed by atoms with Crippen molar-refractivity contribution in [3.8, 4) is 11.1 Å². The van der Waals surface area contributed by atoms with Gasteiger partial charge in [-0.05, 0) is 54.3 Å². The first kappa shape index (κ1) is 25.8. The number of nitrogens with one attached hydrogen (secondary N) is 1. The van der Waals surface area contributed by atoms with Gasteiger partial charge in [-0.2, -0.15) is 0 Å². The summed E-state index contributed by atoms with van der Waals surface area (Å²) >= 11 is 1.28. The molecule has 1 atom stereocenters. The molecule has 210 valence electrons. The fraction of sp³-hybridized carbons (Fsp3) is 0.300. The van der Waals surface area contributed by atoms with Crippen LogP contribution in [0.2, 0.25) is 0 Å². The maximum Gasteiger partial charge on any atom is 0.255 e. The molecule has 11 heteroatoms. The summed E-state index contributed by atoms with van der Waals surface area (Å²) in [5, 5.41) is 5.02. The van der Waals surface area contributed by atoms with Crippen LogP contribution >= 0.6 is 11.3 Å². The van der Waals surface area contributed by atoms with E-state index in [9.17, 15) is 9.59 Å². The average molecular weight is 576 g/mol. The van der Waals surface area contributed by atoms with Gasteiger partial charge in [-0.15, -0.1) is 11.3 Å². The molecule has 0 bridgehead atoms. The molecular formula is C30H27F2N5O3S. The maximum absolute atomic E-state index is 15.6. The number of fused-ring (bicyclic) bond motifs is 2. The SMILES string of the molecule is O=C(Nc1nccs1)C(c1ccn2c1CCC2)N1Cc2c(F)cc(-c3ccc(N4CCOCC4)c(F)c3)cc2C1=O. The second kappa shape index (κ2) is 10.4. The number of benzene rings is 2. The van der Waals surface area contributed by atoms with Gasteiger partial charge in [0.2, 0.25) is 0 Å². The number of anilines is 2. The lowest BCUT2D eigenvalue weighted by Gasteiger charge is -2.29. The summed E-state index contributed by atoms with van der Waals surface area (Å²) in [4.78, 5) is 35.0. The molecule has 1 N–H and O–H groups in total. The zero-order valence-corrected chi connectivity index (χ0v) is 22.9. The number of hydrogen-bond acceptors (Lipinski definition) is 6. The zero-order valence-electron chi connectivity index (χ0n) is 22.1. The van der Waals surface area contributed by atoms with Gasteiger partial charge >= 0.3 is 0 Å². The third-order valence-electron chi connectivity index (χ3n) is 8.09. The number of nitrogens with zero attached hydrogens (tertiary/aromatic N) is 4. The molecule has 4 aromatic rings.